The Hall–Kier alpha value is -5.50. The summed E-state index contributed by atoms with van der Waals surface area (Å²) >= 11 is 0. The highest BCUT2D eigenvalue weighted by atomic mass is 16.5. The standard InChI is InChI=1S/C37H42N10O3/c1-45(2)15-5-10-32(48)38-28-7-3-6-26(24-28)34-33-35(39-27-11-13-30(14-12-27)46-16-20-49-21-17-46)43-44-36(33)42-37(41-34)40-29-8-4-9-31(25-29)47-18-22-50-23-19-47/h3-14,24-25H,15-23H2,1-2H3,(H,38,48)(H3,39,40,41,42,43,44)/b10-5+. The van der Waals surface area contributed by atoms with Gasteiger partial charge in [-0.25, -0.2) is 4.98 Å². The van der Waals surface area contributed by atoms with Gasteiger partial charge in [-0.05, 0) is 68.7 Å². The quantitative estimate of drug-likeness (QED) is 0.137. The lowest BCUT2D eigenvalue weighted by molar-refractivity contribution is -0.111. The molecule has 2 saturated heterocycles. The van der Waals surface area contributed by atoms with Gasteiger partial charge in [0.05, 0.1) is 37.5 Å². The highest BCUT2D eigenvalue weighted by molar-refractivity contribution is 6.02. The molecule has 0 radical (unpaired) electrons. The van der Waals surface area contributed by atoms with E-state index in [0.29, 0.717) is 48.6 Å². The normalized spacial score (nSPS) is 15.2. The molecule has 0 bridgehead atoms. The SMILES string of the molecule is CN(C)C/C=C/C(=O)Nc1cccc(-c2nc(Nc3cccc(N4CCOCC4)c3)nc3[nH]nc(Nc4ccc(N5CCOCC5)cc4)c23)c1. The number of fused-ring (bicyclic) bond motifs is 1. The van der Waals surface area contributed by atoms with Crippen molar-refractivity contribution >= 4 is 57.1 Å². The van der Waals surface area contributed by atoms with Gasteiger partial charge in [0, 0.05) is 72.8 Å². The van der Waals surface area contributed by atoms with Crippen molar-refractivity contribution in [2.24, 2.45) is 0 Å². The molecule has 2 aromatic heterocycles. The molecule has 0 aliphatic carbocycles. The number of carbonyl (C=O) groups excluding carboxylic acids is 1. The zero-order chi connectivity index (χ0) is 34.3. The van der Waals surface area contributed by atoms with Gasteiger partial charge in [0.15, 0.2) is 11.5 Å². The Labute approximate surface area is 291 Å². The maximum absolute atomic E-state index is 12.7. The smallest absolute Gasteiger partial charge is 0.248 e. The van der Waals surface area contributed by atoms with Crippen molar-refractivity contribution in [3.05, 3.63) is 84.9 Å². The molecule has 2 aliphatic heterocycles. The van der Waals surface area contributed by atoms with Crippen molar-refractivity contribution in [1.82, 2.24) is 25.1 Å². The van der Waals surface area contributed by atoms with E-state index in [1.54, 1.807) is 6.08 Å². The summed E-state index contributed by atoms with van der Waals surface area (Å²) in [7, 11) is 3.91. The van der Waals surface area contributed by atoms with Crippen LogP contribution in [0.3, 0.4) is 0 Å². The Bertz CT molecular complexity index is 1950. The largest absolute Gasteiger partial charge is 0.378 e. The number of aromatic nitrogens is 4. The Kier molecular flexibility index (Phi) is 10.1. The zero-order valence-corrected chi connectivity index (χ0v) is 28.4. The van der Waals surface area contributed by atoms with Gasteiger partial charge in [-0.2, -0.15) is 10.1 Å². The van der Waals surface area contributed by atoms with Gasteiger partial charge in [0.25, 0.3) is 0 Å². The first-order valence-corrected chi connectivity index (χ1v) is 16.9. The number of carbonyl (C=O) groups is 1. The number of aromatic amines is 1. The van der Waals surface area contributed by atoms with E-state index in [1.165, 1.54) is 0 Å². The lowest BCUT2D eigenvalue weighted by Gasteiger charge is -2.29. The number of hydrogen-bond donors (Lipinski definition) is 4. The third-order valence-electron chi connectivity index (χ3n) is 8.55. The molecule has 3 aromatic carbocycles. The molecule has 7 rings (SSSR count). The number of anilines is 7. The van der Waals surface area contributed by atoms with E-state index in [0.717, 1.165) is 73.1 Å². The summed E-state index contributed by atoms with van der Waals surface area (Å²) < 4.78 is 11.1. The molecule has 0 atom stereocenters. The van der Waals surface area contributed by atoms with Crippen LogP contribution in [0.15, 0.2) is 84.9 Å². The van der Waals surface area contributed by atoms with Gasteiger partial charge in [0.1, 0.15) is 0 Å². The number of morpholine rings is 2. The van der Waals surface area contributed by atoms with Crippen LogP contribution in [0.1, 0.15) is 0 Å². The predicted molar refractivity (Wildman–Crippen MR) is 199 cm³/mol. The molecular formula is C37H42N10O3. The zero-order valence-electron chi connectivity index (χ0n) is 28.4. The van der Waals surface area contributed by atoms with Crippen molar-refractivity contribution in [2.75, 3.05) is 99.0 Å². The molecule has 0 unspecified atom stereocenters. The molecule has 1 amide bonds. The van der Waals surface area contributed by atoms with Crippen LogP contribution in [0.2, 0.25) is 0 Å². The highest BCUT2D eigenvalue weighted by Crippen LogP contribution is 2.35. The topological polar surface area (TPSA) is 136 Å². The summed E-state index contributed by atoms with van der Waals surface area (Å²) in [6, 6.07) is 24.2. The summed E-state index contributed by atoms with van der Waals surface area (Å²) in [6.07, 6.45) is 3.38. The van der Waals surface area contributed by atoms with E-state index >= 15 is 0 Å². The molecule has 0 spiro atoms. The van der Waals surface area contributed by atoms with E-state index in [1.807, 2.05) is 73.6 Å². The van der Waals surface area contributed by atoms with E-state index in [-0.39, 0.29) is 5.91 Å². The van der Waals surface area contributed by atoms with Gasteiger partial charge < -0.3 is 40.1 Å². The van der Waals surface area contributed by atoms with Crippen molar-refractivity contribution < 1.29 is 14.3 Å². The maximum atomic E-state index is 12.7. The summed E-state index contributed by atoms with van der Waals surface area (Å²) in [5.41, 5.74) is 6.67. The lowest BCUT2D eigenvalue weighted by atomic mass is 10.1. The minimum Gasteiger partial charge on any atom is -0.378 e. The third kappa shape index (κ3) is 8.03. The van der Waals surface area contributed by atoms with Crippen LogP contribution >= 0.6 is 0 Å². The first-order valence-electron chi connectivity index (χ1n) is 16.9. The fraction of sp³-hybridized carbons (Fsp3) is 0.297. The second kappa shape index (κ2) is 15.4. The molecule has 2 aliphatic rings. The fourth-order valence-electron chi connectivity index (χ4n) is 6.03. The number of rotatable bonds is 11. The number of hydrogen-bond acceptors (Lipinski definition) is 11. The van der Waals surface area contributed by atoms with Crippen LogP contribution in [-0.2, 0) is 14.3 Å². The molecular weight excluding hydrogens is 632 g/mol. The predicted octanol–water partition coefficient (Wildman–Crippen LogP) is 5.24. The molecule has 13 nitrogen and oxygen atoms in total. The average Bonchev–Trinajstić information content (AvgIpc) is 3.54. The number of nitrogens with one attached hydrogen (secondary N) is 4. The highest BCUT2D eigenvalue weighted by Gasteiger charge is 2.19. The van der Waals surface area contributed by atoms with Crippen LogP contribution < -0.4 is 25.8 Å². The van der Waals surface area contributed by atoms with Crippen LogP contribution in [0.5, 0.6) is 0 Å². The number of H-pyrrole nitrogens is 1. The Balaban J connectivity index is 1.21. The summed E-state index contributed by atoms with van der Waals surface area (Å²) in [6.45, 7) is 6.98. The first-order chi connectivity index (χ1) is 24.5. The first kappa shape index (κ1) is 33.0. The molecule has 5 aromatic rings. The number of benzene rings is 3. The van der Waals surface area contributed by atoms with Crippen LogP contribution in [0, 0.1) is 0 Å². The molecule has 4 heterocycles. The third-order valence-corrected chi connectivity index (χ3v) is 8.55. The number of amides is 1. The minimum absolute atomic E-state index is 0.203. The lowest BCUT2D eigenvalue weighted by Crippen LogP contribution is -2.36. The number of likely N-dealkylation sites (N-methyl/N-ethyl adjacent to an activating group) is 1. The average molecular weight is 675 g/mol. The van der Waals surface area contributed by atoms with E-state index in [2.05, 4.69) is 60.2 Å². The Morgan fingerprint density at radius 2 is 1.52 bits per heavy atom. The summed E-state index contributed by atoms with van der Waals surface area (Å²) in [5.74, 6) is 0.805. The van der Waals surface area contributed by atoms with Gasteiger partial charge >= 0.3 is 0 Å². The van der Waals surface area contributed by atoms with E-state index in [4.69, 9.17) is 19.4 Å². The Morgan fingerprint density at radius 1 is 0.820 bits per heavy atom. The second-order valence-electron chi connectivity index (χ2n) is 12.5. The van der Waals surface area contributed by atoms with Gasteiger partial charge in [0.2, 0.25) is 11.9 Å². The molecule has 13 heteroatoms. The molecule has 0 saturated carbocycles. The van der Waals surface area contributed by atoms with Crippen molar-refractivity contribution in [1.29, 1.82) is 0 Å². The van der Waals surface area contributed by atoms with E-state index in [9.17, 15) is 4.79 Å². The van der Waals surface area contributed by atoms with Crippen LogP contribution in [-0.4, -0.2) is 104 Å². The molecule has 258 valence electrons. The Morgan fingerprint density at radius 3 is 2.26 bits per heavy atom. The van der Waals surface area contributed by atoms with Crippen LogP contribution in [0.4, 0.5) is 40.2 Å². The molecule has 2 fully saturated rings. The number of ether oxygens (including phenoxy) is 2. The fourth-order valence-corrected chi connectivity index (χ4v) is 6.03. The summed E-state index contributed by atoms with van der Waals surface area (Å²) in [4.78, 5) is 29.2. The monoisotopic (exact) mass is 674 g/mol. The van der Waals surface area contributed by atoms with Crippen molar-refractivity contribution in [3.8, 4) is 11.3 Å². The van der Waals surface area contributed by atoms with Gasteiger partial charge in [-0.15, -0.1) is 0 Å². The van der Waals surface area contributed by atoms with E-state index < -0.39 is 0 Å². The van der Waals surface area contributed by atoms with Crippen molar-refractivity contribution in [2.45, 2.75) is 0 Å². The summed E-state index contributed by atoms with van der Waals surface area (Å²) in [5, 5.41) is 18.4. The minimum atomic E-state index is -0.203. The van der Waals surface area contributed by atoms with Gasteiger partial charge in [-0.3, -0.25) is 9.89 Å². The number of nitrogens with zero attached hydrogens (tertiary/aromatic N) is 6. The second-order valence-corrected chi connectivity index (χ2v) is 12.5. The maximum Gasteiger partial charge on any atom is 0.248 e. The van der Waals surface area contributed by atoms with Crippen LogP contribution in [0.25, 0.3) is 22.3 Å². The van der Waals surface area contributed by atoms with Gasteiger partial charge in [-0.1, -0.05) is 24.3 Å². The van der Waals surface area contributed by atoms with Crippen molar-refractivity contribution in [3.63, 3.8) is 0 Å². The molecule has 4 N–H and O–H groups in total. The molecule has 50 heavy (non-hydrogen) atoms.